The third-order valence-electron chi connectivity index (χ3n) is 4.66. The minimum Gasteiger partial charge on any atom is -1.00 e. The number of benzene rings is 1. The molecule has 156 valence electrons. The first-order chi connectivity index (χ1) is 12.9. The normalized spacial score (nSPS) is 11.9. The third kappa shape index (κ3) is 6.11. The van der Waals surface area contributed by atoms with Crippen LogP contribution in [0.25, 0.3) is 16.8 Å². The number of aromatic nitrogens is 2. The zero-order chi connectivity index (χ0) is 19.4. The Balaban J connectivity index is 0.00000210. The van der Waals surface area contributed by atoms with Gasteiger partial charge in [-0.15, -0.1) is 12.4 Å². The summed E-state index contributed by atoms with van der Waals surface area (Å²) in [4.78, 5) is 23.6. The molecule has 0 radical (unpaired) electrons. The summed E-state index contributed by atoms with van der Waals surface area (Å²) in [5, 5.41) is 0. The van der Waals surface area contributed by atoms with E-state index in [9.17, 15) is 14.4 Å². The maximum absolute atomic E-state index is 12.0. The van der Waals surface area contributed by atoms with Crippen molar-refractivity contribution in [3.05, 3.63) is 78.4 Å². The van der Waals surface area contributed by atoms with E-state index in [4.69, 9.17) is 0 Å². The van der Waals surface area contributed by atoms with Gasteiger partial charge < -0.3 is 22.2 Å². The highest BCUT2D eigenvalue weighted by atomic mass is 35.5. The highest BCUT2D eigenvalue weighted by Crippen LogP contribution is 2.50. The summed E-state index contributed by atoms with van der Waals surface area (Å²) in [6.45, 7) is 3.70. The van der Waals surface area contributed by atoms with Gasteiger partial charge in [-0.1, -0.05) is 25.5 Å². The van der Waals surface area contributed by atoms with Crippen molar-refractivity contribution in [1.29, 1.82) is 0 Å². The largest absolute Gasteiger partial charge is 1.00 e. The molecule has 0 aliphatic carbocycles. The third-order valence-corrected chi connectivity index (χ3v) is 5.93. The van der Waals surface area contributed by atoms with Gasteiger partial charge >= 0.3 is 7.60 Å². The Morgan fingerprint density at radius 1 is 1.07 bits per heavy atom. The summed E-state index contributed by atoms with van der Waals surface area (Å²) in [6.07, 6.45) is 7.30. The lowest BCUT2D eigenvalue weighted by Gasteiger charge is -2.14. The fourth-order valence-corrected chi connectivity index (χ4v) is 3.67. The van der Waals surface area contributed by atoms with Gasteiger partial charge in [0.1, 0.15) is 5.66 Å². The Bertz CT molecular complexity index is 981. The van der Waals surface area contributed by atoms with Crippen LogP contribution in [-0.2, 0) is 11.0 Å². The molecule has 2 heterocycles. The van der Waals surface area contributed by atoms with Crippen LogP contribution in [-0.4, -0.2) is 14.8 Å². The zero-order valence-electron chi connectivity index (χ0n) is 16.3. The van der Waals surface area contributed by atoms with E-state index >= 15 is 0 Å². The Kier molecular flexibility index (Phi) is 9.47. The molecule has 0 aliphatic rings. The van der Waals surface area contributed by atoms with E-state index in [1.165, 1.54) is 5.56 Å². The molecular formula is C21H25Cl2N2O3P. The average Bonchev–Trinajstić information content (AvgIpc) is 2.67. The van der Waals surface area contributed by atoms with Gasteiger partial charge in [0, 0.05) is 36.7 Å². The van der Waals surface area contributed by atoms with Gasteiger partial charge in [-0.3, -0.25) is 9.55 Å². The van der Waals surface area contributed by atoms with Crippen LogP contribution in [0.2, 0.25) is 0 Å². The molecule has 1 unspecified atom stereocenters. The van der Waals surface area contributed by atoms with Crippen LogP contribution >= 0.6 is 20.0 Å². The van der Waals surface area contributed by atoms with Crippen LogP contribution in [0.4, 0.5) is 0 Å². The predicted molar refractivity (Wildman–Crippen MR) is 113 cm³/mol. The van der Waals surface area contributed by atoms with Gasteiger partial charge in [0.25, 0.3) is 0 Å². The first kappa shape index (κ1) is 25.3. The lowest BCUT2D eigenvalue weighted by Crippen LogP contribution is -3.00. The molecule has 1 atom stereocenters. The van der Waals surface area contributed by atoms with Crippen LogP contribution in [0.3, 0.4) is 0 Å². The van der Waals surface area contributed by atoms with Gasteiger partial charge in [-0.25, -0.2) is 0 Å². The second kappa shape index (κ2) is 10.9. The van der Waals surface area contributed by atoms with Crippen molar-refractivity contribution in [3.8, 4) is 16.8 Å². The van der Waals surface area contributed by atoms with Crippen LogP contribution < -0.4 is 17.0 Å². The van der Waals surface area contributed by atoms with E-state index in [-0.39, 0.29) is 24.8 Å². The molecule has 0 fully saturated rings. The average molecular weight is 455 g/mol. The molecule has 2 aromatic heterocycles. The summed E-state index contributed by atoms with van der Waals surface area (Å²) in [5.74, 6) is 0. The van der Waals surface area contributed by atoms with Crippen molar-refractivity contribution in [2.45, 2.75) is 32.3 Å². The van der Waals surface area contributed by atoms with Crippen molar-refractivity contribution in [2.24, 2.45) is 0 Å². The number of halogens is 2. The number of nitrogens with zero attached hydrogens (tertiary/aromatic N) is 2. The molecule has 5 nitrogen and oxygen atoms in total. The van der Waals surface area contributed by atoms with Gasteiger partial charge in [-0.2, -0.15) is 4.57 Å². The summed E-state index contributed by atoms with van der Waals surface area (Å²) < 4.78 is 13.9. The quantitative estimate of drug-likeness (QED) is 0.438. The first-order valence-corrected chi connectivity index (χ1v) is 10.7. The standard InChI is InChI=1S/C21H23N2O3P.2ClH/c1-3-5-17-6-4-7-20(14-17)23-13-10-19(18-8-11-22-12-9-18)15-21(23)16(2)27(24,25)26;;/h4,6-16H,3,5H2,1-2H3,(H-,24,25,26);2*1H. The Morgan fingerprint density at radius 2 is 1.76 bits per heavy atom. The van der Waals surface area contributed by atoms with Crippen LogP contribution in [0.1, 0.15) is 37.2 Å². The maximum Gasteiger partial charge on any atom is 0.338 e. The second-order valence-electron chi connectivity index (χ2n) is 6.63. The minimum atomic E-state index is -4.30. The number of pyridine rings is 2. The van der Waals surface area contributed by atoms with Crippen LogP contribution in [0, 0.1) is 0 Å². The molecule has 0 spiro atoms. The fraction of sp³-hybridized carbons (Fsp3) is 0.238. The van der Waals surface area contributed by atoms with Crippen molar-refractivity contribution in [1.82, 2.24) is 4.98 Å². The summed E-state index contributed by atoms with van der Waals surface area (Å²) in [6, 6.07) is 15.7. The van der Waals surface area contributed by atoms with Gasteiger partial charge in [0.15, 0.2) is 6.20 Å². The maximum atomic E-state index is 12.0. The van der Waals surface area contributed by atoms with Crippen molar-refractivity contribution < 1.29 is 31.3 Å². The SMILES string of the molecule is CCCc1cccc(-[n+]2ccc(-c3ccncc3)cc2C(C)P(=O)(O)O)c1.Cl.[Cl-]. The highest BCUT2D eigenvalue weighted by molar-refractivity contribution is 7.52. The van der Waals surface area contributed by atoms with E-state index in [2.05, 4.69) is 24.0 Å². The van der Waals surface area contributed by atoms with E-state index in [0.717, 1.165) is 29.7 Å². The van der Waals surface area contributed by atoms with E-state index < -0.39 is 13.3 Å². The smallest absolute Gasteiger partial charge is 0.338 e. The topological polar surface area (TPSA) is 74.3 Å². The first-order valence-electron chi connectivity index (χ1n) is 9.00. The molecule has 3 aromatic rings. The lowest BCUT2D eigenvalue weighted by molar-refractivity contribution is -0.604. The molecular weight excluding hydrogens is 430 g/mol. The molecule has 2 N–H and O–H groups in total. The Labute approximate surface area is 183 Å². The van der Waals surface area contributed by atoms with E-state index in [1.807, 2.05) is 47.2 Å². The molecule has 1 aromatic carbocycles. The molecule has 29 heavy (non-hydrogen) atoms. The molecule has 3 rings (SSSR count). The van der Waals surface area contributed by atoms with Crippen LogP contribution in [0.15, 0.2) is 67.1 Å². The minimum absolute atomic E-state index is 0. The van der Waals surface area contributed by atoms with Crippen molar-refractivity contribution in [3.63, 3.8) is 0 Å². The number of hydrogen-bond donors (Lipinski definition) is 2. The monoisotopic (exact) mass is 454 g/mol. The molecule has 0 amide bonds. The molecule has 0 aliphatic heterocycles. The summed E-state index contributed by atoms with van der Waals surface area (Å²) in [7, 11) is -4.30. The Morgan fingerprint density at radius 3 is 2.38 bits per heavy atom. The number of rotatable bonds is 6. The predicted octanol–water partition coefficient (Wildman–Crippen LogP) is 1.64. The summed E-state index contributed by atoms with van der Waals surface area (Å²) in [5.41, 5.74) is 3.61. The van der Waals surface area contributed by atoms with Gasteiger partial charge in [0.2, 0.25) is 11.4 Å². The van der Waals surface area contributed by atoms with E-state index in [0.29, 0.717) is 5.69 Å². The van der Waals surface area contributed by atoms with Crippen molar-refractivity contribution >= 4 is 20.0 Å². The number of aryl methyl sites for hydroxylation is 1. The number of hydrogen-bond acceptors (Lipinski definition) is 2. The molecule has 8 heteroatoms. The highest BCUT2D eigenvalue weighted by Gasteiger charge is 2.34. The lowest BCUT2D eigenvalue weighted by atomic mass is 10.1. The molecule has 0 saturated heterocycles. The molecule has 0 bridgehead atoms. The fourth-order valence-electron chi connectivity index (χ4n) is 3.12. The zero-order valence-corrected chi connectivity index (χ0v) is 18.7. The van der Waals surface area contributed by atoms with Gasteiger partial charge in [0.05, 0.1) is 0 Å². The van der Waals surface area contributed by atoms with Gasteiger partial charge in [-0.05, 0) is 42.2 Å². The van der Waals surface area contributed by atoms with E-state index in [1.54, 1.807) is 19.3 Å². The second-order valence-corrected chi connectivity index (χ2v) is 8.58. The molecule has 0 saturated carbocycles. The summed E-state index contributed by atoms with van der Waals surface area (Å²) >= 11 is 0. The van der Waals surface area contributed by atoms with Crippen molar-refractivity contribution in [2.75, 3.05) is 0 Å². The van der Waals surface area contributed by atoms with Crippen LogP contribution in [0.5, 0.6) is 0 Å². The Hall–Kier alpha value is -1.75.